The van der Waals surface area contributed by atoms with Crippen LogP contribution in [0.3, 0.4) is 0 Å². The number of hydrogen-bond donors (Lipinski definition) is 3. The predicted molar refractivity (Wildman–Crippen MR) is 119 cm³/mol. The van der Waals surface area contributed by atoms with Crippen LogP contribution in [0.1, 0.15) is 5.69 Å². The van der Waals surface area contributed by atoms with Gasteiger partial charge in [0.25, 0.3) is 0 Å². The zero-order valence-electron chi connectivity index (χ0n) is 18.3. The molecule has 14 heteroatoms. The number of aromatic amines is 2. The molecule has 0 saturated heterocycles. The molecule has 8 nitrogen and oxygen atoms in total. The molecule has 0 aliphatic rings. The molecule has 37 heavy (non-hydrogen) atoms. The molecule has 5 aromatic rings. The molecule has 0 radical (unpaired) electrons. The number of ether oxygens (including phenoxy) is 2. The summed E-state index contributed by atoms with van der Waals surface area (Å²) in [4.78, 5) is 17.3. The third kappa shape index (κ3) is 5.74. The number of halogens is 6. The number of anilines is 2. The van der Waals surface area contributed by atoms with Crippen LogP contribution in [0.25, 0.3) is 22.6 Å². The van der Waals surface area contributed by atoms with Gasteiger partial charge in [-0.05, 0) is 42.5 Å². The van der Waals surface area contributed by atoms with Crippen molar-refractivity contribution >= 4 is 22.7 Å². The molecule has 5 rings (SSSR count). The second kappa shape index (κ2) is 9.04. The molecule has 3 aromatic heterocycles. The molecule has 0 bridgehead atoms. The SMILES string of the molecule is FC(F)(F)Oc1ccc(Nc2nc3ccc(Oc4ccnc(-c5ncc(C(F)(F)F)[nH]5)c4)cc3[nH]2)cc1. The van der Waals surface area contributed by atoms with Crippen molar-refractivity contribution in [3.63, 3.8) is 0 Å². The molecule has 190 valence electrons. The van der Waals surface area contributed by atoms with Crippen LogP contribution in [0.4, 0.5) is 38.0 Å². The fourth-order valence-corrected chi connectivity index (χ4v) is 3.32. The molecular weight excluding hydrogens is 506 g/mol. The van der Waals surface area contributed by atoms with Crippen molar-refractivity contribution in [2.24, 2.45) is 0 Å². The zero-order chi connectivity index (χ0) is 26.2. The van der Waals surface area contributed by atoms with E-state index in [0.29, 0.717) is 40.4 Å². The van der Waals surface area contributed by atoms with Gasteiger partial charge in [0, 0.05) is 24.0 Å². The van der Waals surface area contributed by atoms with Crippen molar-refractivity contribution in [1.82, 2.24) is 24.9 Å². The maximum absolute atomic E-state index is 12.8. The average molecular weight is 520 g/mol. The normalized spacial score (nSPS) is 12.1. The fourth-order valence-electron chi connectivity index (χ4n) is 3.32. The number of benzene rings is 2. The number of alkyl halides is 6. The Hall–Kier alpha value is -4.75. The molecule has 0 aliphatic heterocycles. The van der Waals surface area contributed by atoms with E-state index in [4.69, 9.17) is 4.74 Å². The predicted octanol–water partition coefficient (Wildman–Crippen LogP) is 6.80. The first-order chi connectivity index (χ1) is 17.5. The first-order valence-corrected chi connectivity index (χ1v) is 10.4. The van der Waals surface area contributed by atoms with Crippen molar-refractivity contribution in [1.29, 1.82) is 0 Å². The van der Waals surface area contributed by atoms with Gasteiger partial charge in [-0.2, -0.15) is 13.2 Å². The first kappa shape index (κ1) is 24.0. The van der Waals surface area contributed by atoms with E-state index in [-0.39, 0.29) is 17.3 Å². The van der Waals surface area contributed by atoms with E-state index in [0.717, 1.165) is 0 Å². The van der Waals surface area contributed by atoms with Crippen LogP contribution in [0.2, 0.25) is 0 Å². The molecule has 0 unspecified atom stereocenters. The molecule has 3 heterocycles. The summed E-state index contributed by atoms with van der Waals surface area (Å²) < 4.78 is 85.1. The Morgan fingerprint density at radius 2 is 1.51 bits per heavy atom. The third-order valence-corrected chi connectivity index (χ3v) is 4.89. The molecule has 3 N–H and O–H groups in total. The van der Waals surface area contributed by atoms with Crippen LogP contribution in [0, 0.1) is 0 Å². The smallest absolute Gasteiger partial charge is 0.457 e. The Labute approximate surface area is 203 Å². The standard InChI is InChI=1S/C23H14F6N6O2/c24-22(25,26)19-11-31-20(35-19)18-10-15(7-8-30-18)36-14-5-6-16-17(9-14)34-21(33-16)32-12-1-3-13(4-2-12)37-23(27,28)29/h1-11H,(H,31,35)(H2,32,33,34). The molecule has 0 fully saturated rings. The van der Waals surface area contributed by atoms with E-state index in [2.05, 4.69) is 35.0 Å². The maximum atomic E-state index is 12.8. The molecule has 0 amide bonds. The summed E-state index contributed by atoms with van der Waals surface area (Å²) in [5.74, 6) is 0.644. The van der Waals surface area contributed by atoms with E-state index in [1.165, 1.54) is 42.6 Å². The fraction of sp³-hybridized carbons (Fsp3) is 0.0870. The van der Waals surface area contributed by atoms with Crippen molar-refractivity contribution in [2.75, 3.05) is 5.32 Å². The second-order valence-corrected chi connectivity index (χ2v) is 7.58. The maximum Gasteiger partial charge on any atom is 0.573 e. The number of fused-ring (bicyclic) bond motifs is 1. The minimum Gasteiger partial charge on any atom is -0.457 e. The minimum absolute atomic E-state index is 0.0597. The quantitative estimate of drug-likeness (QED) is 0.213. The van der Waals surface area contributed by atoms with E-state index < -0.39 is 18.2 Å². The van der Waals surface area contributed by atoms with Gasteiger partial charge in [-0.25, -0.2) is 9.97 Å². The van der Waals surface area contributed by atoms with Gasteiger partial charge in [0.1, 0.15) is 28.6 Å². The average Bonchev–Trinajstić information content (AvgIpc) is 3.47. The summed E-state index contributed by atoms with van der Waals surface area (Å²) >= 11 is 0. The third-order valence-electron chi connectivity index (χ3n) is 4.89. The zero-order valence-corrected chi connectivity index (χ0v) is 18.3. The summed E-state index contributed by atoms with van der Waals surface area (Å²) in [6, 6.07) is 13.1. The van der Waals surface area contributed by atoms with Crippen molar-refractivity contribution < 1.29 is 35.8 Å². The molecule has 0 spiro atoms. The molecule has 0 atom stereocenters. The van der Waals surface area contributed by atoms with Crippen molar-refractivity contribution in [3.8, 4) is 28.8 Å². The monoisotopic (exact) mass is 520 g/mol. The second-order valence-electron chi connectivity index (χ2n) is 7.58. The summed E-state index contributed by atoms with van der Waals surface area (Å²) in [5.41, 5.74) is 0.815. The van der Waals surface area contributed by atoms with Crippen LogP contribution in [0.5, 0.6) is 17.2 Å². The Balaban J connectivity index is 1.30. The van der Waals surface area contributed by atoms with Gasteiger partial charge in [0.15, 0.2) is 5.82 Å². The lowest BCUT2D eigenvalue weighted by Crippen LogP contribution is -2.16. The van der Waals surface area contributed by atoms with Gasteiger partial charge in [0.2, 0.25) is 5.95 Å². The highest BCUT2D eigenvalue weighted by Crippen LogP contribution is 2.31. The molecular formula is C23H14F6N6O2. The van der Waals surface area contributed by atoms with E-state index in [1.807, 2.05) is 0 Å². The number of imidazole rings is 2. The molecule has 2 aromatic carbocycles. The van der Waals surface area contributed by atoms with Gasteiger partial charge < -0.3 is 24.8 Å². The number of H-pyrrole nitrogens is 2. The lowest BCUT2D eigenvalue weighted by Gasteiger charge is -2.09. The Morgan fingerprint density at radius 1 is 0.784 bits per heavy atom. The number of nitrogens with one attached hydrogen (secondary N) is 3. The number of aromatic nitrogens is 5. The van der Waals surface area contributed by atoms with Gasteiger partial charge in [0.05, 0.1) is 17.2 Å². The number of pyridine rings is 1. The van der Waals surface area contributed by atoms with Crippen LogP contribution in [-0.2, 0) is 6.18 Å². The Bertz CT molecular complexity index is 1540. The first-order valence-electron chi connectivity index (χ1n) is 10.4. The lowest BCUT2D eigenvalue weighted by atomic mass is 10.3. The Kier molecular flexibility index (Phi) is 5.85. The molecule has 0 aliphatic carbocycles. The van der Waals surface area contributed by atoms with Gasteiger partial charge in [-0.15, -0.1) is 13.2 Å². The largest absolute Gasteiger partial charge is 0.573 e. The topological polar surface area (TPSA) is 101 Å². The number of rotatable bonds is 6. The summed E-state index contributed by atoms with van der Waals surface area (Å²) in [7, 11) is 0. The highest BCUT2D eigenvalue weighted by Gasteiger charge is 2.33. The van der Waals surface area contributed by atoms with Crippen LogP contribution in [-0.4, -0.2) is 31.3 Å². The summed E-state index contributed by atoms with van der Waals surface area (Å²) in [6.07, 6.45) is -7.27. The van der Waals surface area contributed by atoms with Crippen molar-refractivity contribution in [2.45, 2.75) is 12.5 Å². The van der Waals surface area contributed by atoms with E-state index in [9.17, 15) is 26.3 Å². The highest BCUT2D eigenvalue weighted by molar-refractivity contribution is 5.80. The lowest BCUT2D eigenvalue weighted by molar-refractivity contribution is -0.274. The van der Waals surface area contributed by atoms with Gasteiger partial charge in [-0.1, -0.05) is 0 Å². The van der Waals surface area contributed by atoms with Gasteiger partial charge >= 0.3 is 12.5 Å². The van der Waals surface area contributed by atoms with E-state index in [1.54, 1.807) is 18.2 Å². The highest BCUT2D eigenvalue weighted by atomic mass is 19.4. The number of nitrogens with zero attached hydrogens (tertiary/aromatic N) is 3. The van der Waals surface area contributed by atoms with E-state index >= 15 is 0 Å². The Morgan fingerprint density at radius 3 is 2.22 bits per heavy atom. The summed E-state index contributed by atoms with van der Waals surface area (Å²) in [6.45, 7) is 0. The van der Waals surface area contributed by atoms with Crippen LogP contribution < -0.4 is 14.8 Å². The van der Waals surface area contributed by atoms with Crippen LogP contribution >= 0.6 is 0 Å². The van der Waals surface area contributed by atoms with Crippen LogP contribution in [0.15, 0.2) is 67.0 Å². The minimum atomic E-state index is -4.78. The van der Waals surface area contributed by atoms with Gasteiger partial charge in [-0.3, -0.25) is 4.98 Å². The number of hydrogen-bond acceptors (Lipinski definition) is 6. The summed E-state index contributed by atoms with van der Waals surface area (Å²) in [5, 5.41) is 2.95. The van der Waals surface area contributed by atoms with Crippen molar-refractivity contribution in [3.05, 3.63) is 72.7 Å². The molecule has 0 saturated carbocycles.